The fourth-order valence-corrected chi connectivity index (χ4v) is 6.38. The van der Waals surface area contributed by atoms with E-state index >= 15 is 0 Å². The monoisotopic (exact) mass is 553 g/mol. The highest BCUT2D eigenvalue weighted by molar-refractivity contribution is 6.31. The number of carbonyl (C=O) groups excluding carboxylic acids is 1. The van der Waals surface area contributed by atoms with Crippen molar-refractivity contribution >= 4 is 28.5 Å². The SMILES string of the molecule is Cc1c(CCC(=O)N2CC[C@]3(O)CCCC[C@@H]3C2)c(=O)oc2cc(OCc3cc4c(cc3Cl)OCO4)ccc12. The van der Waals surface area contributed by atoms with E-state index in [1.807, 2.05) is 24.0 Å². The summed E-state index contributed by atoms with van der Waals surface area (Å²) < 4.78 is 22.3. The quantitative estimate of drug-likeness (QED) is 0.422. The molecule has 9 heteroatoms. The van der Waals surface area contributed by atoms with Gasteiger partial charge in [0.15, 0.2) is 11.5 Å². The van der Waals surface area contributed by atoms with Crippen molar-refractivity contribution in [2.75, 3.05) is 19.9 Å². The molecule has 0 bridgehead atoms. The first kappa shape index (κ1) is 26.0. The Bertz CT molecular complexity index is 1480. The predicted octanol–water partition coefficient (Wildman–Crippen LogP) is 5.15. The third kappa shape index (κ3) is 5.08. The van der Waals surface area contributed by atoms with Crippen molar-refractivity contribution < 1.29 is 28.5 Å². The average molecular weight is 554 g/mol. The van der Waals surface area contributed by atoms with E-state index in [1.54, 1.807) is 18.2 Å². The summed E-state index contributed by atoms with van der Waals surface area (Å²) >= 11 is 6.35. The molecule has 1 aromatic heterocycles. The summed E-state index contributed by atoms with van der Waals surface area (Å²) in [5.74, 6) is 1.94. The van der Waals surface area contributed by atoms with E-state index in [0.717, 1.165) is 42.2 Å². The number of piperidine rings is 1. The number of aliphatic hydroxyl groups is 1. The summed E-state index contributed by atoms with van der Waals surface area (Å²) in [7, 11) is 0. The van der Waals surface area contributed by atoms with Gasteiger partial charge in [0.2, 0.25) is 12.7 Å². The Hall–Kier alpha value is -3.23. The molecule has 1 saturated heterocycles. The molecule has 8 nitrogen and oxygen atoms in total. The Morgan fingerprint density at radius 3 is 2.85 bits per heavy atom. The number of rotatable bonds is 6. The third-order valence-electron chi connectivity index (χ3n) is 8.56. The Balaban J connectivity index is 1.12. The molecule has 3 aromatic rings. The van der Waals surface area contributed by atoms with Crippen molar-refractivity contribution in [2.45, 2.75) is 64.1 Å². The summed E-state index contributed by atoms with van der Waals surface area (Å²) in [5, 5.41) is 12.2. The van der Waals surface area contributed by atoms with Gasteiger partial charge in [0.25, 0.3) is 0 Å². The minimum Gasteiger partial charge on any atom is -0.489 e. The highest BCUT2D eigenvalue weighted by Crippen LogP contribution is 2.40. The van der Waals surface area contributed by atoms with Gasteiger partial charge in [0, 0.05) is 54.1 Å². The largest absolute Gasteiger partial charge is 0.489 e. The van der Waals surface area contributed by atoms with E-state index in [1.165, 1.54) is 0 Å². The van der Waals surface area contributed by atoms with Crippen LogP contribution >= 0.6 is 11.6 Å². The normalized spacial score (nSPS) is 22.1. The molecule has 1 saturated carbocycles. The van der Waals surface area contributed by atoms with Crippen LogP contribution in [0.2, 0.25) is 5.02 Å². The minimum absolute atomic E-state index is 0.0208. The maximum atomic E-state index is 13.0. The molecule has 1 amide bonds. The van der Waals surface area contributed by atoms with E-state index in [9.17, 15) is 14.7 Å². The zero-order valence-corrected chi connectivity index (χ0v) is 22.7. The minimum atomic E-state index is -0.621. The molecule has 206 valence electrons. The Kier molecular flexibility index (Phi) is 6.93. The molecule has 1 N–H and O–H groups in total. The van der Waals surface area contributed by atoms with Gasteiger partial charge in [-0.15, -0.1) is 0 Å². The van der Waals surface area contributed by atoms with Crippen LogP contribution in [0.5, 0.6) is 17.2 Å². The number of likely N-dealkylation sites (tertiary alicyclic amines) is 1. The predicted molar refractivity (Wildman–Crippen MR) is 146 cm³/mol. The van der Waals surface area contributed by atoms with Gasteiger partial charge in [-0.3, -0.25) is 4.79 Å². The van der Waals surface area contributed by atoms with Crippen LogP contribution < -0.4 is 19.8 Å². The lowest BCUT2D eigenvalue weighted by Gasteiger charge is -2.47. The molecule has 0 unspecified atom stereocenters. The molecule has 2 atom stereocenters. The maximum absolute atomic E-state index is 13.0. The van der Waals surface area contributed by atoms with Gasteiger partial charge >= 0.3 is 5.63 Å². The Morgan fingerprint density at radius 1 is 1.18 bits per heavy atom. The molecule has 39 heavy (non-hydrogen) atoms. The number of ether oxygens (including phenoxy) is 3. The number of carbonyl (C=O) groups is 1. The highest BCUT2D eigenvalue weighted by Gasteiger charge is 2.43. The first-order chi connectivity index (χ1) is 18.8. The first-order valence-electron chi connectivity index (χ1n) is 13.6. The Morgan fingerprint density at radius 2 is 2.00 bits per heavy atom. The number of halogens is 1. The summed E-state index contributed by atoms with van der Waals surface area (Å²) in [4.78, 5) is 27.8. The second-order valence-corrected chi connectivity index (χ2v) is 11.3. The molecule has 2 aliphatic heterocycles. The van der Waals surface area contributed by atoms with Crippen molar-refractivity contribution in [3.63, 3.8) is 0 Å². The summed E-state index contributed by atoms with van der Waals surface area (Å²) in [6.07, 6.45) is 5.13. The molecule has 2 aromatic carbocycles. The van der Waals surface area contributed by atoms with Gasteiger partial charge in [-0.25, -0.2) is 4.79 Å². The third-order valence-corrected chi connectivity index (χ3v) is 8.92. The molecule has 0 spiro atoms. The second kappa shape index (κ2) is 10.4. The number of hydrogen-bond donors (Lipinski definition) is 1. The van der Waals surface area contributed by atoms with Crippen molar-refractivity contribution in [3.05, 3.63) is 62.5 Å². The number of fused-ring (bicyclic) bond motifs is 3. The van der Waals surface area contributed by atoms with Crippen LogP contribution in [0.4, 0.5) is 0 Å². The van der Waals surface area contributed by atoms with Crippen molar-refractivity contribution in [1.29, 1.82) is 0 Å². The van der Waals surface area contributed by atoms with Gasteiger partial charge < -0.3 is 28.6 Å². The maximum Gasteiger partial charge on any atom is 0.339 e. The van der Waals surface area contributed by atoms with Crippen molar-refractivity contribution in [2.24, 2.45) is 5.92 Å². The number of amides is 1. The lowest BCUT2D eigenvalue weighted by Crippen LogP contribution is -2.54. The van der Waals surface area contributed by atoms with E-state index in [2.05, 4.69) is 0 Å². The summed E-state index contributed by atoms with van der Waals surface area (Å²) in [5.41, 5.74) is 1.44. The van der Waals surface area contributed by atoms with Gasteiger partial charge in [-0.1, -0.05) is 24.4 Å². The first-order valence-corrected chi connectivity index (χ1v) is 14.0. The lowest BCUT2D eigenvalue weighted by atomic mass is 9.71. The average Bonchev–Trinajstić information content (AvgIpc) is 3.37. The fourth-order valence-electron chi connectivity index (χ4n) is 6.17. The molecule has 6 rings (SSSR count). The number of benzene rings is 2. The summed E-state index contributed by atoms with van der Waals surface area (Å²) in [6.45, 7) is 3.42. The van der Waals surface area contributed by atoms with Gasteiger partial charge in [-0.2, -0.15) is 0 Å². The van der Waals surface area contributed by atoms with Crippen molar-refractivity contribution in [1.82, 2.24) is 4.90 Å². The molecular weight excluding hydrogens is 522 g/mol. The molecule has 3 heterocycles. The zero-order valence-electron chi connectivity index (χ0n) is 22.0. The number of aryl methyl sites for hydroxylation is 1. The van der Waals surface area contributed by atoms with Crippen LogP contribution in [0.25, 0.3) is 11.0 Å². The van der Waals surface area contributed by atoms with E-state index in [-0.39, 0.29) is 31.6 Å². The van der Waals surface area contributed by atoms with Crippen LogP contribution in [-0.2, 0) is 17.8 Å². The van der Waals surface area contributed by atoms with Crippen molar-refractivity contribution in [3.8, 4) is 17.2 Å². The molecular formula is C30H32ClNO7. The second-order valence-electron chi connectivity index (χ2n) is 10.9. The van der Waals surface area contributed by atoms with Crippen LogP contribution in [0, 0.1) is 12.8 Å². The van der Waals surface area contributed by atoms with Crippen LogP contribution in [0.1, 0.15) is 55.2 Å². The van der Waals surface area contributed by atoms with Gasteiger partial charge in [0.05, 0.1) is 10.6 Å². The van der Waals surface area contributed by atoms with Gasteiger partial charge in [0.1, 0.15) is 17.9 Å². The van der Waals surface area contributed by atoms with E-state index < -0.39 is 11.2 Å². The molecule has 3 aliphatic rings. The van der Waals surface area contributed by atoms with Gasteiger partial charge in [-0.05, 0) is 56.4 Å². The molecule has 0 radical (unpaired) electrons. The highest BCUT2D eigenvalue weighted by atomic mass is 35.5. The van der Waals surface area contributed by atoms with Crippen LogP contribution in [0.3, 0.4) is 0 Å². The van der Waals surface area contributed by atoms with Crippen LogP contribution in [-0.4, -0.2) is 41.4 Å². The fraction of sp³-hybridized carbons (Fsp3) is 0.467. The number of nitrogens with zero attached hydrogens (tertiary/aromatic N) is 1. The lowest BCUT2D eigenvalue weighted by molar-refractivity contribution is -0.143. The smallest absolute Gasteiger partial charge is 0.339 e. The topological polar surface area (TPSA) is 98.4 Å². The standard InChI is InChI=1S/C30H32ClNO7/c1-18-22-6-5-21(36-16-19-12-26-27(14-24(19)31)38-17-37-26)13-25(22)39-29(34)23(18)7-8-28(33)32-11-10-30(35)9-3-2-4-20(30)15-32/h5-6,12-14,20,35H,2-4,7-11,15-17H2,1H3/t20-,30-/m1/s1. The van der Waals surface area contributed by atoms with E-state index in [0.29, 0.717) is 59.3 Å². The molecule has 2 fully saturated rings. The van der Waals surface area contributed by atoms with Crippen LogP contribution in [0.15, 0.2) is 39.5 Å². The zero-order chi connectivity index (χ0) is 27.1. The Labute approximate surface area is 231 Å². The number of hydrogen-bond acceptors (Lipinski definition) is 7. The van der Waals surface area contributed by atoms with E-state index in [4.69, 9.17) is 30.2 Å². The molecule has 1 aliphatic carbocycles. The summed E-state index contributed by atoms with van der Waals surface area (Å²) in [6, 6.07) is 8.88.